The lowest BCUT2D eigenvalue weighted by Crippen LogP contribution is -2.36. The summed E-state index contributed by atoms with van der Waals surface area (Å²) in [6.45, 7) is 0.582. The highest BCUT2D eigenvalue weighted by atomic mass is 79.9. The summed E-state index contributed by atoms with van der Waals surface area (Å²) < 4.78 is 36.9. The molecule has 0 aliphatic heterocycles. The van der Waals surface area contributed by atoms with Crippen molar-refractivity contribution in [2.24, 2.45) is 0 Å². The second-order valence-corrected chi connectivity index (χ2v) is 5.11. The van der Waals surface area contributed by atoms with Crippen LogP contribution >= 0.6 is 15.9 Å². The van der Waals surface area contributed by atoms with Crippen LogP contribution in [0, 0.1) is 0 Å². The van der Waals surface area contributed by atoms with Crippen molar-refractivity contribution in [2.45, 2.75) is 17.4 Å². The average Bonchev–Trinajstić information content (AvgIpc) is 2.26. The van der Waals surface area contributed by atoms with Crippen LogP contribution in [0.25, 0.3) is 0 Å². The zero-order valence-corrected chi connectivity index (χ0v) is 11.1. The summed E-state index contributed by atoms with van der Waals surface area (Å²) >= 11 is 2.66. The molecule has 1 aromatic carbocycles. The maximum Gasteiger partial charge on any atom is 0.402 e. The Morgan fingerprint density at radius 3 is 2.35 bits per heavy atom. The van der Waals surface area contributed by atoms with Crippen LogP contribution in [-0.2, 0) is 6.42 Å². The van der Waals surface area contributed by atoms with Crippen molar-refractivity contribution in [3.63, 3.8) is 0 Å². The fourth-order valence-electron chi connectivity index (χ4n) is 1.43. The Hall–Kier alpha value is -0.550. The topological polar surface area (TPSA) is 3.24 Å². The lowest BCUT2D eigenvalue weighted by Gasteiger charge is -2.21. The molecule has 0 N–H and O–H groups in total. The zero-order chi connectivity index (χ0) is 12.9. The highest BCUT2D eigenvalue weighted by molar-refractivity contribution is 9.09. The maximum atomic E-state index is 12.3. The van der Waals surface area contributed by atoms with E-state index in [0.29, 0.717) is 6.54 Å². The molecule has 0 aromatic heterocycles. The Morgan fingerprint density at radius 2 is 1.82 bits per heavy atom. The molecule has 5 heteroatoms. The van der Waals surface area contributed by atoms with Gasteiger partial charge in [-0.2, -0.15) is 13.2 Å². The summed E-state index contributed by atoms with van der Waals surface area (Å²) in [5.74, 6) is 0. The van der Waals surface area contributed by atoms with E-state index in [2.05, 4.69) is 15.9 Å². The molecular formula is C12H15BrF3N. The third-order valence-corrected chi connectivity index (χ3v) is 3.26. The first kappa shape index (κ1) is 14.5. The maximum absolute atomic E-state index is 12.3. The van der Waals surface area contributed by atoms with Crippen molar-refractivity contribution in [1.82, 2.24) is 4.90 Å². The molecule has 0 aliphatic carbocycles. The highest BCUT2D eigenvalue weighted by Gasteiger charge is 2.37. The van der Waals surface area contributed by atoms with Gasteiger partial charge < -0.3 is 4.90 Å². The van der Waals surface area contributed by atoms with Crippen LogP contribution in [0.1, 0.15) is 5.56 Å². The van der Waals surface area contributed by atoms with Gasteiger partial charge in [0.15, 0.2) is 0 Å². The van der Waals surface area contributed by atoms with Gasteiger partial charge in [0.1, 0.15) is 4.83 Å². The summed E-state index contributed by atoms with van der Waals surface area (Å²) in [7, 11) is 1.70. The van der Waals surface area contributed by atoms with Gasteiger partial charge in [-0.05, 0) is 19.0 Å². The molecule has 0 fully saturated rings. The van der Waals surface area contributed by atoms with Crippen LogP contribution < -0.4 is 0 Å². The minimum atomic E-state index is -4.18. The van der Waals surface area contributed by atoms with Gasteiger partial charge in [0.25, 0.3) is 0 Å². The number of halogens is 4. The van der Waals surface area contributed by atoms with Crippen LogP contribution in [0.2, 0.25) is 0 Å². The summed E-state index contributed by atoms with van der Waals surface area (Å²) in [4.78, 5) is 0.218. The van der Waals surface area contributed by atoms with Gasteiger partial charge in [-0.3, -0.25) is 0 Å². The lowest BCUT2D eigenvalue weighted by atomic mass is 10.1. The summed E-state index contributed by atoms with van der Waals surface area (Å²) in [6.07, 6.45) is -3.42. The van der Waals surface area contributed by atoms with Crippen molar-refractivity contribution in [3.05, 3.63) is 35.9 Å². The fourth-order valence-corrected chi connectivity index (χ4v) is 1.93. The molecule has 0 spiro atoms. The second-order valence-electron chi connectivity index (χ2n) is 4.01. The van der Waals surface area contributed by atoms with Crippen molar-refractivity contribution in [1.29, 1.82) is 0 Å². The third-order valence-electron chi connectivity index (χ3n) is 2.45. The lowest BCUT2D eigenvalue weighted by molar-refractivity contribution is -0.129. The molecule has 1 atom stereocenters. The van der Waals surface area contributed by atoms with Crippen molar-refractivity contribution >= 4 is 15.9 Å². The minimum absolute atomic E-state index is 0.0314. The summed E-state index contributed by atoms with van der Waals surface area (Å²) in [5, 5.41) is 0. The number of hydrogen-bond donors (Lipinski definition) is 0. The first-order valence-corrected chi connectivity index (χ1v) is 6.24. The smallest absolute Gasteiger partial charge is 0.305 e. The molecule has 0 bridgehead atoms. The van der Waals surface area contributed by atoms with Gasteiger partial charge >= 0.3 is 6.18 Å². The van der Waals surface area contributed by atoms with E-state index in [1.165, 1.54) is 0 Å². The van der Waals surface area contributed by atoms with E-state index in [0.717, 1.165) is 12.0 Å². The summed E-state index contributed by atoms with van der Waals surface area (Å²) in [5.41, 5.74) is 1.14. The van der Waals surface area contributed by atoms with Crippen LogP contribution in [-0.4, -0.2) is 36.0 Å². The summed E-state index contributed by atoms with van der Waals surface area (Å²) in [6, 6.07) is 9.73. The van der Waals surface area contributed by atoms with E-state index >= 15 is 0 Å². The molecule has 0 amide bonds. The Bertz CT molecular complexity index is 326. The molecule has 0 saturated heterocycles. The molecule has 1 aromatic rings. The quantitative estimate of drug-likeness (QED) is 0.753. The van der Waals surface area contributed by atoms with Crippen LogP contribution in [0.5, 0.6) is 0 Å². The molecule has 0 radical (unpaired) electrons. The number of likely N-dealkylation sites (N-methyl/N-ethyl adjacent to an activating group) is 1. The number of rotatable bonds is 5. The van der Waals surface area contributed by atoms with E-state index in [-0.39, 0.29) is 6.54 Å². The molecule has 96 valence electrons. The van der Waals surface area contributed by atoms with E-state index in [1.807, 2.05) is 30.3 Å². The average molecular weight is 310 g/mol. The van der Waals surface area contributed by atoms with Crippen molar-refractivity contribution < 1.29 is 13.2 Å². The number of hydrogen-bond acceptors (Lipinski definition) is 1. The molecular weight excluding hydrogens is 295 g/mol. The number of nitrogens with zero attached hydrogens (tertiary/aromatic N) is 1. The Labute approximate surface area is 108 Å². The van der Waals surface area contributed by atoms with Crippen molar-refractivity contribution in [3.8, 4) is 0 Å². The molecule has 17 heavy (non-hydrogen) atoms. The monoisotopic (exact) mass is 309 g/mol. The van der Waals surface area contributed by atoms with E-state index < -0.39 is 11.0 Å². The first-order chi connectivity index (χ1) is 7.89. The van der Waals surface area contributed by atoms with E-state index in [4.69, 9.17) is 0 Å². The fraction of sp³-hybridized carbons (Fsp3) is 0.500. The standard InChI is InChI=1S/C12H15BrF3N/c1-17(9-11(13)12(14,15)16)8-7-10-5-3-2-4-6-10/h2-6,11H,7-9H2,1H3. The molecule has 0 saturated carbocycles. The van der Waals surface area contributed by atoms with Gasteiger partial charge in [-0.15, -0.1) is 0 Å². The van der Waals surface area contributed by atoms with Crippen LogP contribution in [0.3, 0.4) is 0 Å². The Morgan fingerprint density at radius 1 is 1.24 bits per heavy atom. The number of benzene rings is 1. The van der Waals surface area contributed by atoms with Gasteiger partial charge in [0, 0.05) is 13.1 Å². The highest BCUT2D eigenvalue weighted by Crippen LogP contribution is 2.26. The van der Waals surface area contributed by atoms with E-state index in [9.17, 15) is 13.2 Å². The van der Waals surface area contributed by atoms with Gasteiger partial charge in [0.05, 0.1) is 0 Å². The van der Waals surface area contributed by atoms with Gasteiger partial charge in [-0.25, -0.2) is 0 Å². The molecule has 0 heterocycles. The Balaban J connectivity index is 2.33. The Kier molecular flexibility index (Phi) is 5.46. The predicted molar refractivity (Wildman–Crippen MR) is 66.4 cm³/mol. The molecule has 1 rings (SSSR count). The third kappa shape index (κ3) is 5.55. The zero-order valence-electron chi connectivity index (χ0n) is 9.54. The van der Waals surface area contributed by atoms with E-state index in [1.54, 1.807) is 11.9 Å². The van der Waals surface area contributed by atoms with Gasteiger partial charge in [0.2, 0.25) is 0 Å². The molecule has 1 unspecified atom stereocenters. The predicted octanol–water partition coefficient (Wildman–Crippen LogP) is 3.49. The minimum Gasteiger partial charge on any atom is -0.305 e. The second kappa shape index (κ2) is 6.40. The normalized spacial score (nSPS) is 14.0. The largest absolute Gasteiger partial charge is 0.402 e. The van der Waals surface area contributed by atoms with Gasteiger partial charge in [-0.1, -0.05) is 46.3 Å². The van der Waals surface area contributed by atoms with Crippen LogP contribution in [0.15, 0.2) is 30.3 Å². The first-order valence-electron chi connectivity index (χ1n) is 5.33. The van der Waals surface area contributed by atoms with Crippen molar-refractivity contribution in [2.75, 3.05) is 20.1 Å². The number of alkyl halides is 4. The molecule has 1 nitrogen and oxygen atoms in total. The SMILES string of the molecule is CN(CCc1ccccc1)CC(Br)C(F)(F)F. The van der Waals surface area contributed by atoms with Crippen LogP contribution in [0.4, 0.5) is 13.2 Å². The molecule has 0 aliphatic rings.